The first-order chi connectivity index (χ1) is 7.33. The molecule has 0 aromatic heterocycles. The summed E-state index contributed by atoms with van der Waals surface area (Å²) in [5, 5.41) is 0. The molecule has 0 atom stereocenters. The smallest absolute Gasteiger partial charge is 0.242 e. The van der Waals surface area contributed by atoms with Gasteiger partial charge in [0, 0.05) is 4.47 Å². The molecule has 3 N–H and O–H groups in total. The highest BCUT2D eigenvalue weighted by Crippen LogP contribution is 2.22. The van der Waals surface area contributed by atoms with Crippen molar-refractivity contribution in [3.63, 3.8) is 0 Å². The van der Waals surface area contributed by atoms with Crippen LogP contribution >= 0.6 is 15.9 Å². The minimum Gasteiger partial charge on any atom is -0.369 e. The van der Waals surface area contributed by atoms with E-state index in [2.05, 4.69) is 20.7 Å². The zero-order chi connectivity index (χ0) is 12.3. The fourth-order valence-corrected chi connectivity index (χ4v) is 3.25. The van der Waals surface area contributed by atoms with Crippen LogP contribution in [0.1, 0.15) is 5.56 Å². The van der Waals surface area contributed by atoms with Gasteiger partial charge in [-0.3, -0.25) is 4.79 Å². The van der Waals surface area contributed by atoms with Crippen LogP contribution in [0.2, 0.25) is 0 Å². The molecule has 0 saturated carbocycles. The van der Waals surface area contributed by atoms with Crippen molar-refractivity contribution in [2.24, 2.45) is 5.73 Å². The van der Waals surface area contributed by atoms with Gasteiger partial charge in [0.05, 0.1) is 11.4 Å². The molecular weight excluding hydrogens is 296 g/mol. The zero-order valence-corrected chi connectivity index (χ0v) is 10.9. The summed E-state index contributed by atoms with van der Waals surface area (Å²) in [6.07, 6.45) is 0. The summed E-state index contributed by atoms with van der Waals surface area (Å²) in [5.74, 6) is -0.730. The molecule has 0 aliphatic carbocycles. The van der Waals surface area contributed by atoms with Crippen molar-refractivity contribution in [3.05, 3.63) is 28.2 Å². The van der Waals surface area contributed by atoms with E-state index in [1.165, 1.54) is 6.07 Å². The first-order valence-corrected chi connectivity index (χ1v) is 6.64. The maximum absolute atomic E-state index is 11.7. The second-order valence-corrected chi connectivity index (χ2v) is 5.81. The van der Waals surface area contributed by atoms with Gasteiger partial charge in [-0.25, -0.2) is 13.1 Å². The molecule has 0 heterocycles. The van der Waals surface area contributed by atoms with E-state index in [1.807, 2.05) is 6.92 Å². The van der Waals surface area contributed by atoms with Crippen molar-refractivity contribution in [2.75, 3.05) is 6.54 Å². The van der Waals surface area contributed by atoms with Crippen molar-refractivity contribution in [2.45, 2.75) is 11.8 Å². The SMILES string of the molecule is Cc1ccc(S(=O)(=O)NCC(N)=O)c(Br)c1. The summed E-state index contributed by atoms with van der Waals surface area (Å²) >= 11 is 3.15. The fourth-order valence-electron chi connectivity index (χ4n) is 1.07. The first kappa shape index (κ1) is 13.1. The number of carbonyl (C=O) groups excluding carboxylic acids is 1. The number of nitrogens with one attached hydrogen (secondary N) is 1. The lowest BCUT2D eigenvalue weighted by molar-refractivity contribution is -0.116. The molecule has 88 valence electrons. The third-order valence-corrected chi connectivity index (χ3v) is 4.19. The van der Waals surface area contributed by atoms with Crippen molar-refractivity contribution in [3.8, 4) is 0 Å². The predicted molar refractivity (Wildman–Crippen MR) is 63.3 cm³/mol. The van der Waals surface area contributed by atoms with Crippen LogP contribution in [0.25, 0.3) is 0 Å². The van der Waals surface area contributed by atoms with E-state index in [4.69, 9.17) is 5.73 Å². The van der Waals surface area contributed by atoms with Gasteiger partial charge in [0.15, 0.2) is 0 Å². The zero-order valence-electron chi connectivity index (χ0n) is 8.53. The van der Waals surface area contributed by atoms with Gasteiger partial charge in [-0.05, 0) is 40.5 Å². The molecule has 1 amide bonds. The van der Waals surface area contributed by atoms with Gasteiger partial charge in [0.1, 0.15) is 0 Å². The maximum Gasteiger partial charge on any atom is 0.242 e. The number of carbonyl (C=O) groups is 1. The molecule has 0 unspecified atom stereocenters. The summed E-state index contributed by atoms with van der Waals surface area (Å²) in [5.41, 5.74) is 5.79. The van der Waals surface area contributed by atoms with E-state index in [-0.39, 0.29) is 4.90 Å². The summed E-state index contributed by atoms with van der Waals surface area (Å²) < 4.78 is 26.0. The highest BCUT2D eigenvalue weighted by Gasteiger charge is 2.17. The minimum atomic E-state index is -3.70. The van der Waals surface area contributed by atoms with Crippen molar-refractivity contribution in [1.82, 2.24) is 4.72 Å². The van der Waals surface area contributed by atoms with Crippen LogP contribution in [0.3, 0.4) is 0 Å². The molecular formula is C9H11BrN2O3S. The van der Waals surface area contributed by atoms with Gasteiger partial charge in [-0.15, -0.1) is 0 Å². The molecule has 5 nitrogen and oxygen atoms in total. The third kappa shape index (κ3) is 3.29. The van der Waals surface area contributed by atoms with E-state index in [9.17, 15) is 13.2 Å². The molecule has 7 heteroatoms. The fraction of sp³-hybridized carbons (Fsp3) is 0.222. The third-order valence-electron chi connectivity index (χ3n) is 1.81. The van der Waals surface area contributed by atoms with Crippen LogP contribution in [-0.4, -0.2) is 20.9 Å². The number of nitrogens with two attached hydrogens (primary N) is 1. The van der Waals surface area contributed by atoms with Crippen LogP contribution in [-0.2, 0) is 14.8 Å². The summed E-state index contributed by atoms with van der Waals surface area (Å²) in [6.45, 7) is 1.43. The summed E-state index contributed by atoms with van der Waals surface area (Å²) in [4.78, 5) is 10.6. The number of halogens is 1. The number of amides is 1. The van der Waals surface area contributed by atoms with Crippen LogP contribution in [0.4, 0.5) is 0 Å². The van der Waals surface area contributed by atoms with Crippen molar-refractivity contribution < 1.29 is 13.2 Å². The lowest BCUT2D eigenvalue weighted by atomic mass is 10.2. The first-order valence-electron chi connectivity index (χ1n) is 4.37. The highest BCUT2D eigenvalue weighted by molar-refractivity contribution is 9.10. The molecule has 0 aliphatic rings. The quantitative estimate of drug-likeness (QED) is 0.850. The number of sulfonamides is 1. The molecule has 0 spiro atoms. The Hall–Kier alpha value is -0.920. The molecule has 1 aromatic carbocycles. The monoisotopic (exact) mass is 306 g/mol. The molecule has 1 aromatic rings. The maximum atomic E-state index is 11.7. The average Bonchev–Trinajstić information content (AvgIpc) is 2.14. The van der Waals surface area contributed by atoms with Crippen LogP contribution in [0.5, 0.6) is 0 Å². The number of benzene rings is 1. The molecule has 16 heavy (non-hydrogen) atoms. The molecule has 0 saturated heterocycles. The molecule has 0 bridgehead atoms. The molecule has 0 fully saturated rings. The van der Waals surface area contributed by atoms with E-state index < -0.39 is 22.5 Å². The molecule has 0 radical (unpaired) electrons. The molecule has 1 rings (SSSR count). The second kappa shape index (κ2) is 4.94. The van der Waals surface area contributed by atoms with Gasteiger partial charge >= 0.3 is 0 Å². The second-order valence-electron chi connectivity index (χ2n) is 3.22. The van der Waals surface area contributed by atoms with E-state index in [0.29, 0.717) is 4.47 Å². The van der Waals surface area contributed by atoms with Crippen LogP contribution < -0.4 is 10.5 Å². The number of hydrogen-bond acceptors (Lipinski definition) is 3. The number of rotatable bonds is 4. The Morgan fingerprint density at radius 3 is 2.62 bits per heavy atom. The Kier molecular flexibility index (Phi) is 4.06. The Balaban J connectivity index is 3.03. The van der Waals surface area contributed by atoms with Crippen molar-refractivity contribution >= 4 is 31.9 Å². The summed E-state index contributed by atoms with van der Waals surface area (Å²) in [6, 6.07) is 4.81. The minimum absolute atomic E-state index is 0.0827. The Labute approximate surface area is 102 Å². The van der Waals surface area contributed by atoms with Gasteiger partial charge in [0.2, 0.25) is 15.9 Å². The summed E-state index contributed by atoms with van der Waals surface area (Å²) in [7, 11) is -3.70. The van der Waals surface area contributed by atoms with Crippen molar-refractivity contribution in [1.29, 1.82) is 0 Å². The highest BCUT2D eigenvalue weighted by atomic mass is 79.9. The van der Waals surface area contributed by atoms with E-state index >= 15 is 0 Å². The van der Waals surface area contributed by atoms with Gasteiger partial charge in [0.25, 0.3) is 0 Å². The number of hydrogen-bond donors (Lipinski definition) is 2. The predicted octanol–water partition coefficient (Wildman–Crippen LogP) is 0.521. The largest absolute Gasteiger partial charge is 0.369 e. The Bertz CT molecular complexity index is 513. The topological polar surface area (TPSA) is 89.3 Å². The molecule has 0 aliphatic heterocycles. The van der Waals surface area contributed by atoms with Crippen LogP contribution in [0, 0.1) is 6.92 Å². The van der Waals surface area contributed by atoms with E-state index in [1.54, 1.807) is 12.1 Å². The van der Waals surface area contributed by atoms with Gasteiger partial charge < -0.3 is 5.73 Å². The number of aryl methyl sites for hydroxylation is 1. The van der Waals surface area contributed by atoms with Crippen LogP contribution in [0.15, 0.2) is 27.6 Å². The number of primary amides is 1. The Morgan fingerprint density at radius 1 is 1.50 bits per heavy atom. The van der Waals surface area contributed by atoms with Gasteiger partial charge in [-0.2, -0.15) is 0 Å². The normalized spacial score (nSPS) is 11.4. The standard InChI is InChI=1S/C9H11BrN2O3S/c1-6-2-3-8(7(10)4-6)16(14,15)12-5-9(11)13/h2-4,12H,5H2,1H3,(H2,11,13). The Morgan fingerprint density at radius 2 is 2.12 bits per heavy atom. The van der Waals surface area contributed by atoms with E-state index in [0.717, 1.165) is 5.56 Å². The lowest BCUT2D eigenvalue weighted by Gasteiger charge is -2.07. The van der Waals surface area contributed by atoms with Gasteiger partial charge in [-0.1, -0.05) is 6.07 Å². The lowest BCUT2D eigenvalue weighted by Crippen LogP contribution is -2.33. The average molecular weight is 307 g/mol.